The van der Waals surface area contributed by atoms with E-state index in [0.717, 1.165) is 17.5 Å². The van der Waals surface area contributed by atoms with Gasteiger partial charge in [-0.15, -0.1) is 0 Å². The Bertz CT molecular complexity index is 1320. The first kappa shape index (κ1) is 21.3. The summed E-state index contributed by atoms with van der Waals surface area (Å²) in [6, 6.07) is 21.3. The van der Waals surface area contributed by atoms with Crippen LogP contribution in [-0.2, 0) is 11.3 Å². The molecule has 0 atom stereocenters. The van der Waals surface area contributed by atoms with Crippen molar-refractivity contribution in [1.82, 2.24) is 9.99 Å². The summed E-state index contributed by atoms with van der Waals surface area (Å²) < 4.78 is 2.29. The van der Waals surface area contributed by atoms with E-state index in [9.17, 15) is 9.59 Å². The number of aromatic nitrogens is 1. The summed E-state index contributed by atoms with van der Waals surface area (Å²) in [5, 5.41) is 9.29. The number of rotatable bonds is 6. The molecule has 0 saturated heterocycles. The molecule has 6 nitrogen and oxygen atoms in total. The van der Waals surface area contributed by atoms with Gasteiger partial charge in [0.05, 0.1) is 6.21 Å². The number of fused-ring (bicyclic) bond motifs is 3. The van der Waals surface area contributed by atoms with Crippen LogP contribution >= 0.6 is 0 Å². The summed E-state index contributed by atoms with van der Waals surface area (Å²) in [5.41, 5.74) is 6.98. The molecule has 0 aliphatic carbocycles. The van der Waals surface area contributed by atoms with Crippen LogP contribution in [0.25, 0.3) is 21.8 Å². The first-order chi connectivity index (χ1) is 15.5. The molecule has 4 aromatic rings. The van der Waals surface area contributed by atoms with Crippen molar-refractivity contribution in [3.63, 3.8) is 0 Å². The summed E-state index contributed by atoms with van der Waals surface area (Å²) in [7, 11) is 0. The lowest BCUT2D eigenvalue weighted by Gasteiger charge is -2.08. The van der Waals surface area contributed by atoms with Gasteiger partial charge in [0.15, 0.2) is 0 Å². The second kappa shape index (κ2) is 9.06. The first-order valence-corrected chi connectivity index (χ1v) is 10.7. The highest BCUT2D eigenvalue weighted by molar-refractivity contribution is 6.09. The molecule has 2 amide bonds. The lowest BCUT2D eigenvalue weighted by Crippen LogP contribution is -2.19. The summed E-state index contributed by atoms with van der Waals surface area (Å²) in [4.78, 5) is 24.2. The standard InChI is InChI=1S/C26H26N4O2/c1-4-30-23-8-6-5-7-21(23)22-15-18(9-14-24(22)30)16-27-29-26(32)19-10-12-20(13-11-19)28-25(31)17(2)3/h5-17H,4H2,1-3H3,(H,28,31)(H,29,32). The van der Waals surface area contributed by atoms with Crippen LogP contribution in [0, 0.1) is 5.92 Å². The highest BCUT2D eigenvalue weighted by atomic mass is 16.2. The summed E-state index contributed by atoms with van der Waals surface area (Å²) in [6.45, 7) is 6.69. The number of carbonyl (C=O) groups excluding carboxylic acids is 2. The van der Waals surface area contributed by atoms with Gasteiger partial charge in [0.25, 0.3) is 5.91 Å². The molecular formula is C26H26N4O2. The topological polar surface area (TPSA) is 75.5 Å². The summed E-state index contributed by atoms with van der Waals surface area (Å²) >= 11 is 0. The SMILES string of the molecule is CCn1c2ccccc2c2cc(C=NNC(=O)c3ccc(NC(=O)C(C)C)cc3)ccc21. The van der Waals surface area contributed by atoms with Crippen molar-refractivity contribution >= 4 is 45.5 Å². The molecule has 1 heterocycles. The predicted molar refractivity (Wildman–Crippen MR) is 130 cm³/mol. The Balaban J connectivity index is 1.47. The fourth-order valence-corrected chi connectivity index (χ4v) is 3.71. The van der Waals surface area contributed by atoms with E-state index in [1.54, 1.807) is 30.5 Å². The number of amides is 2. The van der Waals surface area contributed by atoms with Gasteiger partial charge in [-0.1, -0.05) is 38.1 Å². The van der Waals surface area contributed by atoms with Crippen LogP contribution in [0.5, 0.6) is 0 Å². The van der Waals surface area contributed by atoms with Crippen molar-refractivity contribution in [2.24, 2.45) is 11.0 Å². The van der Waals surface area contributed by atoms with Gasteiger partial charge in [0.2, 0.25) is 5.91 Å². The molecule has 0 saturated carbocycles. The van der Waals surface area contributed by atoms with Crippen LogP contribution < -0.4 is 10.7 Å². The van der Waals surface area contributed by atoms with Gasteiger partial charge in [0, 0.05) is 45.5 Å². The lowest BCUT2D eigenvalue weighted by molar-refractivity contribution is -0.118. The second-order valence-corrected chi connectivity index (χ2v) is 7.96. The van der Waals surface area contributed by atoms with Crippen molar-refractivity contribution in [2.75, 3.05) is 5.32 Å². The number of benzene rings is 3. The maximum atomic E-state index is 12.4. The fourth-order valence-electron chi connectivity index (χ4n) is 3.71. The Kier molecular flexibility index (Phi) is 6.03. The van der Waals surface area contributed by atoms with E-state index in [1.807, 2.05) is 26.0 Å². The van der Waals surface area contributed by atoms with Crippen LogP contribution in [-0.4, -0.2) is 22.6 Å². The van der Waals surface area contributed by atoms with Gasteiger partial charge < -0.3 is 9.88 Å². The lowest BCUT2D eigenvalue weighted by atomic mass is 10.1. The molecule has 3 aromatic carbocycles. The van der Waals surface area contributed by atoms with Crippen molar-refractivity contribution in [2.45, 2.75) is 27.3 Å². The molecule has 2 N–H and O–H groups in total. The van der Waals surface area contributed by atoms with Crippen LogP contribution in [0.3, 0.4) is 0 Å². The maximum Gasteiger partial charge on any atom is 0.271 e. The van der Waals surface area contributed by atoms with Gasteiger partial charge in [-0.2, -0.15) is 5.10 Å². The molecule has 0 aliphatic rings. The number of nitrogens with one attached hydrogen (secondary N) is 2. The normalized spacial score (nSPS) is 11.5. The Labute approximate surface area is 186 Å². The number of carbonyl (C=O) groups is 2. The molecule has 0 fully saturated rings. The Morgan fingerprint density at radius 2 is 1.69 bits per heavy atom. The fraction of sp³-hybridized carbons (Fsp3) is 0.192. The Hall–Kier alpha value is -3.93. The van der Waals surface area contributed by atoms with E-state index in [-0.39, 0.29) is 17.7 Å². The minimum Gasteiger partial charge on any atom is -0.341 e. The molecule has 0 spiro atoms. The number of hydrazone groups is 1. The van der Waals surface area contributed by atoms with Crippen molar-refractivity contribution in [1.29, 1.82) is 0 Å². The van der Waals surface area contributed by atoms with Crippen LogP contribution in [0.2, 0.25) is 0 Å². The van der Waals surface area contributed by atoms with E-state index in [4.69, 9.17) is 0 Å². The number of nitrogens with zero attached hydrogens (tertiary/aromatic N) is 2. The van der Waals surface area contributed by atoms with Gasteiger partial charge in [-0.05, 0) is 55.0 Å². The van der Waals surface area contributed by atoms with Gasteiger partial charge in [0.1, 0.15) is 0 Å². The Morgan fingerprint density at radius 1 is 0.969 bits per heavy atom. The van der Waals surface area contributed by atoms with E-state index in [1.165, 1.54) is 16.4 Å². The van der Waals surface area contributed by atoms with Crippen molar-refractivity contribution < 1.29 is 9.59 Å². The monoisotopic (exact) mass is 426 g/mol. The van der Waals surface area contributed by atoms with Crippen molar-refractivity contribution in [3.05, 3.63) is 77.9 Å². The average Bonchev–Trinajstić information content (AvgIpc) is 3.12. The third-order valence-electron chi connectivity index (χ3n) is 5.43. The van der Waals surface area contributed by atoms with Gasteiger partial charge in [-0.25, -0.2) is 5.43 Å². The highest BCUT2D eigenvalue weighted by Gasteiger charge is 2.10. The van der Waals surface area contributed by atoms with E-state index < -0.39 is 0 Å². The molecule has 1 aromatic heterocycles. The molecule has 0 aliphatic heterocycles. The largest absolute Gasteiger partial charge is 0.341 e. The van der Waals surface area contributed by atoms with Gasteiger partial charge >= 0.3 is 0 Å². The molecule has 4 rings (SSSR count). The number of para-hydroxylation sites is 1. The number of hydrogen-bond acceptors (Lipinski definition) is 3. The third kappa shape index (κ3) is 4.25. The summed E-state index contributed by atoms with van der Waals surface area (Å²) in [6.07, 6.45) is 1.65. The minimum absolute atomic E-state index is 0.0640. The minimum atomic E-state index is -0.313. The molecular weight excluding hydrogens is 400 g/mol. The highest BCUT2D eigenvalue weighted by Crippen LogP contribution is 2.29. The number of aryl methyl sites for hydroxylation is 1. The number of hydrogen-bond donors (Lipinski definition) is 2. The second-order valence-electron chi connectivity index (χ2n) is 7.96. The molecule has 6 heteroatoms. The quantitative estimate of drug-likeness (QED) is 0.330. The zero-order chi connectivity index (χ0) is 22.7. The van der Waals surface area contributed by atoms with E-state index >= 15 is 0 Å². The molecule has 32 heavy (non-hydrogen) atoms. The Morgan fingerprint density at radius 3 is 2.41 bits per heavy atom. The zero-order valence-corrected chi connectivity index (χ0v) is 18.4. The smallest absolute Gasteiger partial charge is 0.271 e. The van der Waals surface area contributed by atoms with Gasteiger partial charge in [-0.3, -0.25) is 9.59 Å². The predicted octanol–water partition coefficient (Wildman–Crippen LogP) is 5.17. The maximum absolute atomic E-state index is 12.4. The molecule has 162 valence electrons. The number of anilines is 1. The zero-order valence-electron chi connectivity index (χ0n) is 18.4. The van der Waals surface area contributed by atoms with Crippen molar-refractivity contribution in [3.8, 4) is 0 Å². The van der Waals surface area contributed by atoms with E-state index in [0.29, 0.717) is 11.3 Å². The van der Waals surface area contributed by atoms with E-state index in [2.05, 4.69) is 57.7 Å². The molecule has 0 bridgehead atoms. The first-order valence-electron chi connectivity index (χ1n) is 10.7. The van der Waals surface area contributed by atoms with Crippen LogP contribution in [0.1, 0.15) is 36.7 Å². The molecule has 0 unspecified atom stereocenters. The average molecular weight is 427 g/mol. The summed E-state index contributed by atoms with van der Waals surface area (Å²) in [5.74, 6) is -0.484. The van der Waals surface area contributed by atoms with Crippen LogP contribution in [0.15, 0.2) is 71.8 Å². The third-order valence-corrected chi connectivity index (χ3v) is 5.43. The molecule has 0 radical (unpaired) electrons. The van der Waals surface area contributed by atoms with Crippen LogP contribution in [0.4, 0.5) is 5.69 Å².